The van der Waals surface area contributed by atoms with Gasteiger partial charge in [0.25, 0.3) is 0 Å². The summed E-state index contributed by atoms with van der Waals surface area (Å²) >= 11 is 0. The molecule has 4 heteroatoms. The van der Waals surface area contributed by atoms with Crippen LogP contribution in [-0.2, 0) is 0 Å². The van der Waals surface area contributed by atoms with Gasteiger partial charge in [-0.3, -0.25) is 4.57 Å². The number of imidazole rings is 1. The molecule has 0 bridgehead atoms. The van der Waals surface area contributed by atoms with E-state index in [1.54, 1.807) is 0 Å². The van der Waals surface area contributed by atoms with Crippen molar-refractivity contribution in [3.63, 3.8) is 0 Å². The molecular formula is C47H49N3O. The van der Waals surface area contributed by atoms with Crippen molar-refractivity contribution >= 4 is 33.1 Å². The van der Waals surface area contributed by atoms with Crippen LogP contribution in [0.3, 0.4) is 0 Å². The van der Waals surface area contributed by atoms with E-state index in [0.717, 1.165) is 68.4 Å². The lowest BCUT2D eigenvalue weighted by atomic mass is 9.62. The molecule has 3 heterocycles. The van der Waals surface area contributed by atoms with E-state index in [1.165, 1.54) is 61.8 Å². The van der Waals surface area contributed by atoms with Crippen LogP contribution in [-0.4, -0.2) is 14.5 Å². The van der Waals surface area contributed by atoms with E-state index in [1.807, 2.05) is 0 Å². The normalized spacial score (nSPS) is 17.6. The fraction of sp³-hybridized carbons (Fsp3) is 0.362. The molecule has 2 aliphatic rings. The van der Waals surface area contributed by atoms with Crippen LogP contribution in [0.2, 0.25) is 0 Å². The average molecular weight is 673 g/mol. The summed E-state index contributed by atoms with van der Waals surface area (Å²) in [4.78, 5) is 10.4. The van der Waals surface area contributed by atoms with Crippen molar-refractivity contribution in [3.8, 4) is 28.3 Å². The van der Waals surface area contributed by atoms with Gasteiger partial charge in [0.05, 0.1) is 28.0 Å². The van der Waals surface area contributed by atoms with Gasteiger partial charge in [-0.05, 0) is 109 Å². The topological polar surface area (TPSA) is 43.9 Å². The van der Waals surface area contributed by atoms with Crippen LogP contribution in [0, 0.1) is 5.41 Å². The first-order valence-corrected chi connectivity index (χ1v) is 19.3. The van der Waals surface area contributed by atoms with Gasteiger partial charge in [0.15, 0.2) is 0 Å². The fourth-order valence-corrected chi connectivity index (χ4v) is 9.27. The Kier molecular flexibility index (Phi) is 7.80. The zero-order valence-electron chi connectivity index (χ0n) is 31.5. The maximum atomic E-state index is 9.43. The molecule has 2 fully saturated rings. The molecule has 2 aliphatic carbocycles. The van der Waals surface area contributed by atoms with Gasteiger partial charge in [-0.25, -0.2) is 9.97 Å². The lowest BCUT2D eigenvalue weighted by Gasteiger charge is -2.43. The number of para-hydroxylation sites is 4. The summed E-state index contributed by atoms with van der Waals surface area (Å²) < 4.78 is 18.5. The lowest BCUT2D eigenvalue weighted by Crippen LogP contribution is -2.29. The largest absolute Gasteiger partial charge is 0.437 e. The van der Waals surface area contributed by atoms with Crippen molar-refractivity contribution in [2.45, 2.75) is 103 Å². The number of hydrogen-bond donors (Lipinski definition) is 0. The molecule has 0 aliphatic heterocycles. The van der Waals surface area contributed by atoms with Gasteiger partial charge in [-0.2, -0.15) is 0 Å². The standard InChI is InChI=1S/C47H49N3O/c1-30(2)35-12-10-13-36(31(3)4)43(35)50-42-17-7-6-16-41(42)48-45(50)39-15-11-14-37-38-22-23-40(49-46(38)51-44(37)39)34-20-18-32(19-21-34)33-24-28-47(29-25-33)26-8-5-9-27-47/h6-7,10-23,30-31,33H,5,8-9,24-29H2,1-4H3/i33D. The van der Waals surface area contributed by atoms with E-state index in [4.69, 9.17) is 14.4 Å². The van der Waals surface area contributed by atoms with Gasteiger partial charge in [0, 0.05) is 17.7 Å². The molecule has 1 spiro atoms. The van der Waals surface area contributed by atoms with E-state index >= 15 is 0 Å². The van der Waals surface area contributed by atoms with Crippen molar-refractivity contribution in [3.05, 3.63) is 114 Å². The van der Waals surface area contributed by atoms with E-state index in [0.29, 0.717) is 23.0 Å². The number of pyridine rings is 1. The van der Waals surface area contributed by atoms with E-state index in [9.17, 15) is 1.37 Å². The summed E-state index contributed by atoms with van der Waals surface area (Å²) in [6.07, 6.45) is 11.2. The highest BCUT2D eigenvalue weighted by Gasteiger charge is 2.36. The monoisotopic (exact) mass is 672 g/mol. The summed E-state index contributed by atoms with van der Waals surface area (Å²) in [6, 6.07) is 34.4. The molecule has 2 saturated carbocycles. The number of benzene rings is 4. The molecule has 3 aromatic heterocycles. The van der Waals surface area contributed by atoms with Gasteiger partial charge < -0.3 is 4.42 Å². The van der Waals surface area contributed by atoms with Crippen LogP contribution < -0.4 is 0 Å². The first-order chi connectivity index (χ1) is 25.2. The Labute approximate surface area is 303 Å². The molecule has 51 heavy (non-hydrogen) atoms. The Bertz CT molecular complexity index is 2390. The van der Waals surface area contributed by atoms with Crippen LogP contribution in [0.5, 0.6) is 0 Å². The smallest absolute Gasteiger partial charge is 0.227 e. The van der Waals surface area contributed by atoms with Gasteiger partial charge in [-0.1, -0.05) is 114 Å². The second kappa shape index (κ2) is 12.8. The number of fused-ring (bicyclic) bond motifs is 4. The summed E-state index contributed by atoms with van der Waals surface area (Å²) in [7, 11) is 0. The second-order valence-electron chi connectivity index (χ2n) is 15.9. The maximum absolute atomic E-state index is 9.43. The van der Waals surface area contributed by atoms with Crippen LogP contribution in [0.1, 0.15) is 121 Å². The predicted octanol–water partition coefficient (Wildman–Crippen LogP) is 13.5. The second-order valence-corrected chi connectivity index (χ2v) is 15.9. The van der Waals surface area contributed by atoms with Crippen LogP contribution in [0.25, 0.3) is 61.4 Å². The molecule has 0 N–H and O–H groups in total. The molecule has 0 amide bonds. The third-order valence-electron chi connectivity index (χ3n) is 12.1. The minimum absolute atomic E-state index is 0.337. The first-order valence-electron chi connectivity index (χ1n) is 19.8. The molecule has 0 saturated heterocycles. The molecule has 9 rings (SSSR count). The van der Waals surface area contributed by atoms with Crippen molar-refractivity contribution in [1.82, 2.24) is 14.5 Å². The lowest BCUT2D eigenvalue weighted by molar-refractivity contribution is 0.114. The number of nitrogens with zero attached hydrogens (tertiary/aromatic N) is 3. The Morgan fingerprint density at radius 2 is 1.41 bits per heavy atom. The zero-order chi connectivity index (χ0) is 35.6. The SMILES string of the molecule is [2H]C1(c2ccc(-c3ccc4c(n3)oc3c(-c5nc6ccccc6n5-c5c(C(C)C)cccc5C(C)C)cccc34)cc2)CCC2(CCCCC2)CC1. The summed E-state index contributed by atoms with van der Waals surface area (Å²) in [5.74, 6) is 1.06. The van der Waals surface area contributed by atoms with Gasteiger partial charge >= 0.3 is 0 Å². The molecule has 4 aromatic carbocycles. The zero-order valence-corrected chi connectivity index (χ0v) is 30.5. The Balaban J connectivity index is 1.11. The number of hydrogen-bond acceptors (Lipinski definition) is 3. The van der Waals surface area contributed by atoms with Crippen molar-refractivity contribution in [2.24, 2.45) is 5.41 Å². The van der Waals surface area contributed by atoms with Gasteiger partial charge in [0.2, 0.25) is 5.71 Å². The average Bonchev–Trinajstić information content (AvgIpc) is 3.74. The maximum Gasteiger partial charge on any atom is 0.227 e. The van der Waals surface area contributed by atoms with Crippen molar-refractivity contribution in [2.75, 3.05) is 0 Å². The number of furan rings is 1. The number of rotatable bonds is 6. The molecule has 7 aromatic rings. The number of aromatic nitrogens is 3. The first kappa shape index (κ1) is 31.1. The highest BCUT2D eigenvalue weighted by atomic mass is 16.3. The minimum atomic E-state index is -0.490. The van der Waals surface area contributed by atoms with E-state index in [2.05, 4.69) is 129 Å². The summed E-state index contributed by atoms with van der Waals surface area (Å²) in [6.45, 7) is 9.08. The Morgan fingerprint density at radius 1 is 0.706 bits per heavy atom. The summed E-state index contributed by atoms with van der Waals surface area (Å²) in [5, 5.41) is 2.03. The molecular weight excluding hydrogens is 623 g/mol. The minimum Gasteiger partial charge on any atom is -0.437 e. The van der Waals surface area contributed by atoms with Crippen molar-refractivity contribution in [1.29, 1.82) is 0 Å². The van der Waals surface area contributed by atoms with E-state index in [-0.39, 0.29) is 0 Å². The Morgan fingerprint density at radius 3 is 2.14 bits per heavy atom. The quantitative estimate of drug-likeness (QED) is 0.177. The van der Waals surface area contributed by atoms with Crippen LogP contribution >= 0.6 is 0 Å². The summed E-state index contributed by atoms with van der Waals surface area (Å²) in [5.41, 5.74) is 11.8. The highest BCUT2D eigenvalue weighted by Crippen LogP contribution is 2.51. The van der Waals surface area contributed by atoms with Crippen LogP contribution in [0.4, 0.5) is 0 Å². The van der Waals surface area contributed by atoms with Gasteiger partial charge in [-0.15, -0.1) is 0 Å². The predicted molar refractivity (Wildman–Crippen MR) is 212 cm³/mol. The highest BCUT2D eigenvalue weighted by molar-refractivity contribution is 6.09. The third-order valence-corrected chi connectivity index (χ3v) is 12.1. The molecule has 258 valence electrons. The van der Waals surface area contributed by atoms with Crippen LogP contribution in [0.15, 0.2) is 101 Å². The van der Waals surface area contributed by atoms with E-state index < -0.39 is 5.89 Å². The third kappa shape index (κ3) is 5.59. The molecule has 4 nitrogen and oxygen atoms in total. The molecule has 0 atom stereocenters. The fourth-order valence-electron chi connectivity index (χ4n) is 9.27. The molecule has 0 unspecified atom stereocenters. The molecule has 0 radical (unpaired) electrons. The Hall–Kier alpha value is -4.70. The van der Waals surface area contributed by atoms with Crippen molar-refractivity contribution < 1.29 is 5.79 Å². The van der Waals surface area contributed by atoms with Gasteiger partial charge in [0.1, 0.15) is 11.4 Å².